The Morgan fingerprint density at radius 3 is 2.94 bits per heavy atom. The summed E-state index contributed by atoms with van der Waals surface area (Å²) in [5.74, 6) is -0.747. The predicted octanol–water partition coefficient (Wildman–Crippen LogP) is 1.05. The van der Waals surface area contributed by atoms with Gasteiger partial charge in [0, 0.05) is 31.6 Å². The minimum absolute atomic E-state index is 0.144. The van der Waals surface area contributed by atoms with Crippen LogP contribution in [-0.2, 0) is 4.79 Å². The first kappa shape index (κ1) is 12.3. The maximum Gasteiger partial charge on any atom is 0.317 e. The molecule has 1 aliphatic rings. The van der Waals surface area contributed by atoms with E-state index >= 15 is 0 Å². The Labute approximate surface area is 105 Å². The summed E-state index contributed by atoms with van der Waals surface area (Å²) in [4.78, 5) is 19.4. The molecule has 1 aliphatic heterocycles. The van der Waals surface area contributed by atoms with Crippen molar-refractivity contribution in [2.45, 2.75) is 13.3 Å². The van der Waals surface area contributed by atoms with E-state index in [1.165, 1.54) is 0 Å². The van der Waals surface area contributed by atoms with Gasteiger partial charge in [-0.25, -0.2) is 4.98 Å². The Morgan fingerprint density at radius 2 is 2.29 bits per heavy atom. The van der Waals surface area contributed by atoms with Crippen LogP contribution in [-0.4, -0.2) is 53.7 Å². The number of carbonyl (C=O) groups is 1. The highest BCUT2D eigenvalue weighted by atomic mass is 32.1. The van der Waals surface area contributed by atoms with Gasteiger partial charge in [-0.15, -0.1) is 11.3 Å². The lowest BCUT2D eigenvalue weighted by Crippen LogP contribution is -2.34. The highest BCUT2D eigenvalue weighted by Gasteiger charge is 2.18. The van der Waals surface area contributed by atoms with Crippen molar-refractivity contribution in [1.82, 2.24) is 9.88 Å². The molecule has 1 saturated heterocycles. The number of hydrogen-bond acceptors (Lipinski definition) is 5. The Kier molecular flexibility index (Phi) is 3.96. The Morgan fingerprint density at radius 1 is 1.47 bits per heavy atom. The van der Waals surface area contributed by atoms with Gasteiger partial charge in [-0.3, -0.25) is 9.69 Å². The summed E-state index contributed by atoms with van der Waals surface area (Å²) in [6.07, 6.45) is 0.992. The van der Waals surface area contributed by atoms with Gasteiger partial charge in [-0.2, -0.15) is 0 Å². The first-order valence-electron chi connectivity index (χ1n) is 5.76. The second-order valence-electron chi connectivity index (χ2n) is 4.28. The molecule has 0 saturated carbocycles. The number of anilines is 1. The zero-order chi connectivity index (χ0) is 12.3. The summed E-state index contributed by atoms with van der Waals surface area (Å²) in [5.41, 5.74) is 1.05. The molecule has 0 aliphatic carbocycles. The van der Waals surface area contributed by atoms with E-state index < -0.39 is 5.97 Å². The lowest BCUT2D eigenvalue weighted by Gasteiger charge is -2.20. The van der Waals surface area contributed by atoms with Gasteiger partial charge in [0.25, 0.3) is 0 Å². The number of aromatic nitrogens is 1. The lowest BCUT2D eigenvalue weighted by molar-refractivity contribution is -0.138. The number of aliphatic carboxylic acids is 1. The first-order chi connectivity index (χ1) is 8.15. The number of thiazole rings is 1. The van der Waals surface area contributed by atoms with Crippen LogP contribution in [0.1, 0.15) is 12.1 Å². The molecule has 5 nitrogen and oxygen atoms in total. The third kappa shape index (κ3) is 3.41. The minimum atomic E-state index is -0.747. The van der Waals surface area contributed by atoms with Crippen molar-refractivity contribution in [3.8, 4) is 0 Å². The van der Waals surface area contributed by atoms with E-state index in [9.17, 15) is 4.79 Å². The summed E-state index contributed by atoms with van der Waals surface area (Å²) in [6.45, 7) is 5.61. The second kappa shape index (κ2) is 5.46. The summed E-state index contributed by atoms with van der Waals surface area (Å²) in [6, 6.07) is 0. The van der Waals surface area contributed by atoms with E-state index in [0.717, 1.165) is 43.4 Å². The molecule has 6 heteroatoms. The van der Waals surface area contributed by atoms with E-state index in [-0.39, 0.29) is 6.54 Å². The van der Waals surface area contributed by atoms with E-state index in [0.29, 0.717) is 0 Å². The number of carboxylic acids is 1. The summed E-state index contributed by atoms with van der Waals surface area (Å²) < 4.78 is 0. The van der Waals surface area contributed by atoms with E-state index in [1.54, 1.807) is 11.3 Å². The molecular formula is C11H17N3O2S. The topological polar surface area (TPSA) is 56.7 Å². The van der Waals surface area contributed by atoms with Gasteiger partial charge in [0.2, 0.25) is 0 Å². The number of hydrogen-bond donors (Lipinski definition) is 1. The molecule has 0 radical (unpaired) electrons. The molecule has 1 aromatic rings. The molecule has 0 bridgehead atoms. The van der Waals surface area contributed by atoms with Crippen LogP contribution in [0.15, 0.2) is 5.38 Å². The average molecular weight is 255 g/mol. The van der Waals surface area contributed by atoms with Crippen LogP contribution in [0.2, 0.25) is 0 Å². The van der Waals surface area contributed by atoms with Crippen molar-refractivity contribution in [1.29, 1.82) is 0 Å². The largest absolute Gasteiger partial charge is 0.480 e. The number of aryl methyl sites for hydroxylation is 1. The van der Waals surface area contributed by atoms with Gasteiger partial charge in [-0.05, 0) is 13.3 Å². The first-order valence-corrected chi connectivity index (χ1v) is 6.64. The van der Waals surface area contributed by atoms with Crippen LogP contribution in [0.4, 0.5) is 5.13 Å². The smallest absolute Gasteiger partial charge is 0.317 e. The van der Waals surface area contributed by atoms with Crippen molar-refractivity contribution < 1.29 is 9.90 Å². The zero-order valence-corrected chi connectivity index (χ0v) is 10.7. The fourth-order valence-electron chi connectivity index (χ4n) is 2.00. The third-order valence-electron chi connectivity index (χ3n) is 2.82. The molecule has 17 heavy (non-hydrogen) atoms. The van der Waals surface area contributed by atoms with E-state index in [1.807, 2.05) is 11.8 Å². The second-order valence-corrected chi connectivity index (χ2v) is 5.12. The van der Waals surface area contributed by atoms with Crippen molar-refractivity contribution in [2.24, 2.45) is 0 Å². The lowest BCUT2D eigenvalue weighted by atomic mass is 10.4. The summed E-state index contributed by atoms with van der Waals surface area (Å²) in [7, 11) is 0. The van der Waals surface area contributed by atoms with Crippen molar-refractivity contribution in [2.75, 3.05) is 37.6 Å². The van der Waals surface area contributed by atoms with E-state index in [2.05, 4.69) is 15.3 Å². The van der Waals surface area contributed by atoms with Gasteiger partial charge < -0.3 is 10.0 Å². The van der Waals surface area contributed by atoms with Gasteiger partial charge in [-0.1, -0.05) is 0 Å². The van der Waals surface area contributed by atoms with E-state index in [4.69, 9.17) is 5.11 Å². The highest BCUT2D eigenvalue weighted by molar-refractivity contribution is 7.13. The summed E-state index contributed by atoms with van der Waals surface area (Å²) in [5, 5.41) is 11.9. The number of rotatable bonds is 3. The van der Waals surface area contributed by atoms with Gasteiger partial charge in [0.05, 0.1) is 12.2 Å². The normalized spacial score (nSPS) is 18.1. The molecule has 2 heterocycles. The molecule has 0 aromatic carbocycles. The third-order valence-corrected chi connectivity index (χ3v) is 3.84. The van der Waals surface area contributed by atoms with Gasteiger partial charge >= 0.3 is 5.97 Å². The minimum Gasteiger partial charge on any atom is -0.480 e. The molecule has 2 rings (SSSR count). The highest BCUT2D eigenvalue weighted by Crippen LogP contribution is 2.21. The SMILES string of the molecule is Cc1csc(N2CCCN(CC(=O)O)CC2)n1. The Balaban J connectivity index is 1.93. The van der Waals surface area contributed by atoms with Crippen LogP contribution in [0, 0.1) is 6.92 Å². The van der Waals surface area contributed by atoms with Gasteiger partial charge in [0.1, 0.15) is 0 Å². The van der Waals surface area contributed by atoms with Crippen LogP contribution in [0.5, 0.6) is 0 Å². The zero-order valence-electron chi connectivity index (χ0n) is 9.93. The molecule has 1 fully saturated rings. The fourth-order valence-corrected chi connectivity index (χ4v) is 2.86. The van der Waals surface area contributed by atoms with Crippen LogP contribution < -0.4 is 4.90 Å². The molecule has 0 atom stereocenters. The molecular weight excluding hydrogens is 238 g/mol. The molecule has 0 unspecified atom stereocenters. The Hall–Kier alpha value is -1.14. The Bertz CT molecular complexity index is 394. The monoisotopic (exact) mass is 255 g/mol. The van der Waals surface area contributed by atoms with Crippen molar-refractivity contribution in [3.05, 3.63) is 11.1 Å². The van der Waals surface area contributed by atoms with Crippen molar-refractivity contribution >= 4 is 22.4 Å². The standard InChI is InChI=1S/C11H17N3O2S/c1-9-8-17-11(12-9)14-4-2-3-13(5-6-14)7-10(15)16/h8H,2-7H2,1H3,(H,15,16). The molecule has 1 aromatic heterocycles. The maximum atomic E-state index is 10.7. The van der Waals surface area contributed by atoms with Crippen LogP contribution in [0.25, 0.3) is 0 Å². The van der Waals surface area contributed by atoms with Crippen molar-refractivity contribution in [3.63, 3.8) is 0 Å². The maximum absolute atomic E-state index is 10.7. The summed E-state index contributed by atoms with van der Waals surface area (Å²) >= 11 is 1.66. The number of carboxylic acid groups (broad SMARTS) is 1. The van der Waals surface area contributed by atoms with Crippen LogP contribution in [0.3, 0.4) is 0 Å². The fraction of sp³-hybridized carbons (Fsp3) is 0.636. The molecule has 94 valence electrons. The quantitative estimate of drug-likeness (QED) is 0.875. The number of nitrogens with zero attached hydrogens (tertiary/aromatic N) is 3. The molecule has 1 N–H and O–H groups in total. The molecule has 0 amide bonds. The van der Waals surface area contributed by atoms with Crippen LogP contribution >= 0.6 is 11.3 Å². The molecule has 0 spiro atoms. The predicted molar refractivity (Wildman–Crippen MR) is 67.8 cm³/mol. The average Bonchev–Trinajstić information content (AvgIpc) is 2.56. The van der Waals surface area contributed by atoms with Gasteiger partial charge in [0.15, 0.2) is 5.13 Å².